The first-order valence-corrected chi connectivity index (χ1v) is 13.7. The van der Waals surface area contributed by atoms with E-state index >= 15 is 0 Å². The number of nitrogens with zero attached hydrogens (tertiary/aromatic N) is 3. The predicted molar refractivity (Wildman–Crippen MR) is 156 cm³/mol. The molecular formula is C33H27N3PPt+. The summed E-state index contributed by atoms with van der Waals surface area (Å²) in [5, 5.41) is 4.31. The molecule has 5 heteroatoms. The molecular weight excluding hydrogens is 664 g/mol. The minimum absolute atomic E-state index is 0. The van der Waals surface area contributed by atoms with Gasteiger partial charge in [0, 0.05) is 0 Å². The molecule has 2 heterocycles. The van der Waals surface area contributed by atoms with Crippen LogP contribution in [0, 0.1) is 13.0 Å². The molecule has 0 amide bonds. The molecule has 0 atom stereocenters. The van der Waals surface area contributed by atoms with Crippen molar-refractivity contribution in [1.29, 1.82) is 0 Å². The molecule has 0 aliphatic heterocycles. The third-order valence-corrected chi connectivity index (χ3v) is 8.68. The molecule has 188 valence electrons. The molecule has 0 N–H and O–H groups in total. The molecule has 0 aliphatic rings. The van der Waals surface area contributed by atoms with Crippen LogP contribution in [0.3, 0.4) is 0 Å². The number of hydrogen-bond acceptors (Lipinski definition) is 2. The Morgan fingerprint density at radius 1 is 0.605 bits per heavy atom. The Morgan fingerprint density at radius 3 is 1.61 bits per heavy atom. The van der Waals surface area contributed by atoms with E-state index in [4.69, 9.17) is 0 Å². The van der Waals surface area contributed by atoms with E-state index in [0.717, 1.165) is 28.3 Å². The summed E-state index contributed by atoms with van der Waals surface area (Å²) in [5.74, 6) is 0. The summed E-state index contributed by atoms with van der Waals surface area (Å²) >= 11 is 0. The van der Waals surface area contributed by atoms with Gasteiger partial charge in [-0.15, -0.1) is 35.9 Å². The maximum atomic E-state index is 4.61. The monoisotopic (exact) mass is 691 g/mol. The summed E-state index contributed by atoms with van der Waals surface area (Å²) in [6, 6.07) is 49.4. The van der Waals surface area contributed by atoms with Crippen LogP contribution in [-0.2, 0) is 21.1 Å². The molecule has 38 heavy (non-hydrogen) atoms. The molecule has 2 aromatic heterocycles. The molecule has 0 saturated heterocycles. The Morgan fingerprint density at radius 2 is 1.13 bits per heavy atom. The number of aryl methyl sites for hydroxylation is 1. The molecule has 4 aromatic carbocycles. The quantitative estimate of drug-likeness (QED) is 0.163. The predicted octanol–water partition coefficient (Wildman–Crippen LogP) is 6.05. The van der Waals surface area contributed by atoms with Crippen molar-refractivity contribution in [2.24, 2.45) is 0 Å². The summed E-state index contributed by atoms with van der Waals surface area (Å²) < 4.78 is 0. The SMILES string of the molecule is Cc1nc[n-]c1-c1cccc(-c2[c-]cccc2)n1.[Pt+2].c1ccc([PH+](c2ccccc2)c2ccccc2)cc1. The molecule has 0 aliphatic carbocycles. The topological polar surface area (TPSA) is 39.9 Å². The second-order valence-corrected chi connectivity index (χ2v) is 10.9. The molecule has 6 rings (SSSR count). The zero-order valence-electron chi connectivity index (χ0n) is 20.9. The van der Waals surface area contributed by atoms with E-state index in [1.165, 1.54) is 15.9 Å². The largest absolute Gasteiger partial charge is 2.00 e. The van der Waals surface area contributed by atoms with Gasteiger partial charge in [0.05, 0.1) is 13.6 Å². The van der Waals surface area contributed by atoms with Gasteiger partial charge in [-0.1, -0.05) is 78.8 Å². The summed E-state index contributed by atoms with van der Waals surface area (Å²) in [7, 11) is -0.877. The van der Waals surface area contributed by atoms with E-state index in [0.29, 0.717) is 0 Å². The smallest absolute Gasteiger partial charge is 0.447 e. The van der Waals surface area contributed by atoms with E-state index in [9.17, 15) is 0 Å². The minimum atomic E-state index is -0.877. The number of hydrogen-bond donors (Lipinski definition) is 0. The number of imidazole rings is 1. The molecule has 0 bridgehead atoms. The van der Waals surface area contributed by atoms with Gasteiger partial charge in [-0.3, -0.25) is 4.98 Å². The molecule has 0 radical (unpaired) electrons. The van der Waals surface area contributed by atoms with E-state index in [2.05, 4.69) is 112 Å². The van der Waals surface area contributed by atoms with Crippen LogP contribution in [0.5, 0.6) is 0 Å². The standard InChI is InChI=1S/C18H15P.C15H11N3.Pt/c1-4-10-16(11-5-1)19(17-12-6-2-7-13-17)18-14-8-3-9-15-18;1-11-15(17-10-16-11)14-9-5-8-13(18-14)12-6-3-2-4-7-12;/h1-15H;2-6,8-10H,1H3;/q;-2;+2/p+1. The Kier molecular flexibility index (Phi) is 9.93. The van der Waals surface area contributed by atoms with Crippen molar-refractivity contribution in [3.63, 3.8) is 0 Å². The van der Waals surface area contributed by atoms with Gasteiger partial charge in [0.25, 0.3) is 0 Å². The third kappa shape index (κ3) is 6.81. The van der Waals surface area contributed by atoms with Crippen LogP contribution in [0.2, 0.25) is 0 Å². The molecule has 6 aromatic rings. The first-order valence-electron chi connectivity index (χ1n) is 12.2. The van der Waals surface area contributed by atoms with Crippen molar-refractivity contribution in [2.45, 2.75) is 6.92 Å². The Bertz CT molecular complexity index is 1430. The maximum absolute atomic E-state index is 4.61. The van der Waals surface area contributed by atoms with E-state index in [1.54, 1.807) is 6.33 Å². The van der Waals surface area contributed by atoms with Crippen molar-refractivity contribution in [1.82, 2.24) is 15.0 Å². The van der Waals surface area contributed by atoms with Crippen LogP contribution in [-0.4, -0.2) is 9.97 Å². The average Bonchev–Trinajstić information content (AvgIpc) is 3.42. The zero-order chi connectivity index (χ0) is 25.3. The number of aromatic nitrogens is 3. The Balaban J connectivity index is 0.000000173. The van der Waals surface area contributed by atoms with Gasteiger partial charge in [0.2, 0.25) is 0 Å². The van der Waals surface area contributed by atoms with Gasteiger partial charge in [0.1, 0.15) is 15.9 Å². The van der Waals surface area contributed by atoms with Gasteiger partial charge in [-0.2, -0.15) is 0 Å². The van der Waals surface area contributed by atoms with E-state index in [-0.39, 0.29) is 21.1 Å². The van der Waals surface area contributed by atoms with Crippen molar-refractivity contribution < 1.29 is 21.1 Å². The van der Waals surface area contributed by atoms with Crippen LogP contribution in [0.1, 0.15) is 5.69 Å². The Labute approximate surface area is 240 Å². The van der Waals surface area contributed by atoms with E-state index < -0.39 is 7.92 Å². The van der Waals surface area contributed by atoms with Crippen molar-refractivity contribution in [3.8, 4) is 22.6 Å². The Hall–Kier alpha value is -3.64. The normalized spacial score (nSPS) is 10.3. The number of rotatable bonds is 5. The minimum Gasteiger partial charge on any atom is -0.447 e. The fourth-order valence-corrected chi connectivity index (χ4v) is 6.74. The van der Waals surface area contributed by atoms with Gasteiger partial charge < -0.3 is 9.97 Å². The van der Waals surface area contributed by atoms with Crippen molar-refractivity contribution >= 4 is 23.8 Å². The molecule has 0 unspecified atom stereocenters. The van der Waals surface area contributed by atoms with Crippen LogP contribution < -0.4 is 20.9 Å². The second-order valence-electron chi connectivity index (χ2n) is 8.47. The third-order valence-electron chi connectivity index (χ3n) is 5.95. The van der Waals surface area contributed by atoms with Gasteiger partial charge >= 0.3 is 21.1 Å². The van der Waals surface area contributed by atoms with Crippen LogP contribution >= 0.6 is 7.92 Å². The van der Waals surface area contributed by atoms with Crippen LogP contribution in [0.15, 0.2) is 140 Å². The van der Waals surface area contributed by atoms with E-state index in [1.807, 2.05) is 49.4 Å². The first-order chi connectivity index (χ1) is 18.3. The molecule has 0 fully saturated rings. The fourth-order valence-electron chi connectivity index (χ4n) is 4.16. The summed E-state index contributed by atoms with van der Waals surface area (Å²) in [5.41, 5.74) is 4.47. The van der Waals surface area contributed by atoms with Crippen LogP contribution in [0.4, 0.5) is 0 Å². The summed E-state index contributed by atoms with van der Waals surface area (Å²) in [6.45, 7) is 1.94. The second kappa shape index (κ2) is 13.8. The zero-order valence-corrected chi connectivity index (χ0v) is 24.2. The van der Waals surface area contributed by atoms with Gasteiger partial charge in [0.15, 0.2) is 0 Å². The number of pyridine rings is 1. The summed E-state index contributed by atoms with van der Waals surface area (Å²) in [6.07, 6.45) is 1.56. The first kappa shape index (κ1) is 27.4. The average molecular weight is 692 g/mol. The number of benzene rings is 4. The van der Waals surface area contributed by atoms with Crippen molar-refractivity contribution in [3.05, 3.63) is 152 Å². The fraction of sp³-hybridized carbons (Fsp3) is 0.0303. The molecule has 0 spiro atoms. The summed E-state index contributed by atoms with van der Waals surface area (Å²) in [4.78, 5) is 13.0. The maximum Gasteiger partial charge on any atom is 2.00 e. The van der Waals surface area contributed by atoms with Crippen LogP contribution in [0.25, 0.3) is 22.6 Å². The van der Waals surface area contributed by atoms with Crippen molar-refractivity contribution in [2.75, 3.05) is 0 Å². The van der Waals surface area contributed by atoms with Gasteiger partial charge in [-0.25, -0.2) is 0 Å². The molecule has 0 saturated carbocycles. The van der Waals surface area contributed by atoms with Gasteiger partial charge in [-0.05, 0) is 60.8 Å². The molecule has 3 nitrogen and oxygen atoms in total.